The molecule has 3 rings (SSSR count). The van der Waals surface area contributed by atoms with Gasteiger partial charge in [0.25, 0.3) is 5.91 Å². The molecule has 0 fully saturated rings. The van der Waals surface area contributed by atoms with Gasteiger partial charge in [-0.2, -0.15) is 13.2 Å². The van der Waals surface area contributed by atoms with Crippen LogP contribution in [0, 0.1) is 0 Å². The second-order valence-corrected chi connectivity index (χ2v) is 6.38. The molecule has 0 bridgehead atoms. The fourth-order valence-corrected chi connectivity index (χ4v) is 3.01. The number of alkyl halides is 3. The molecule has 0 spiro atoms. The van der Waals surface area contributed by atoms with Gasteiger partial charge in [-0.1, -0.05) is 13.3 Å². The van der Waals surface area contributed by atoms with E-state index in [-0.39, 0.29) is 0 Å². The summed E-state index contributed by atoms with van der Waals surface area (Å²) < 4.78 is 37.9. The standard InChI is InChI=1S/C19H19F3N2O2/c1-2-3-10-18(26)15-11-14(8-9-16(15)24-17(18)25)23-13-6-4-12(5-7-13)19(20,21)22/h4-9,11,23,26H,2-3,10H2,1H3,(H,24,25). The maximum Gasteiger partial charge on any atom is 0.416 e. The van der Waals surface area contributed by atoms with E-state index in [9.17, 15) is 23.1 Å². The van der Waals surface area contributed by atoms with Crippen molar-refractivity contribution in [3.63, 3.8) is 0 Å². The molecule has 3 N–H and O–H groups in total. The van der Waals surface area contributed by atoms with E-state index in [1.165, 1.54) is 12.1 Å². The molecule has 26 heavy (non-hydrogen) atoms. The van der Waals surface area contributed by atoms with Crippen LogP contribution in [0.25, 0.3) is 0 Å². The first-order valence-corrected chi connectivity index (χ1v) is 8.36. The lowest BCUT2D eigenvalue weighted by molar-refractivity contribution is -0.137. The van der Waals surface area contributed by atoms with Crippen LogP contribution in [-0.2, 0) is 16.6 Å². The molecular weight excluding hydrogens is 345 g/mol. The van der Waals surface area contributed by atoms with Crippen molar-refractivity contribution in [1.29, 1.82) is 0 Å². The molecule has 2 aromatic carbocycles. The zero-order valence-corrected chi connectivity index (χ0v) is 14.2. The Labute approximate surface area is 149 Å². The lowest BCUT2D eigenvalue weighted by atomic mass is 9.89. The van der Waals surface area contributed by atoms with E-state index < -0.39 is 23.2 Å². The Morgan fingerprint density at radius 1 is 1.12 bits per heavy atom. The molecule has 0 saturated heterocycles. The lowest BCUT2D eigenvalue weighted by Gasteiger charge is -2.21. The van der Waals surface area contributed by atoms with Gasteiger partial charge < -0.3 is 15.7 Å². The highest BCUT2D eigenvalue weighted by molar-refractivity contribution is 6.05. The molecule has 1 heterocycles. The van der Waals surface area contributed by atoms with Crippen molar-refractivity contribution in [3.05, 3.63) is 53.6 Å². The Hall–Kier alpha value is -2.54. The van der Waals surface area contributed by atoms with Crippen LogP contribution >= 0.6 is 0 Å². The average Bonchev–Trinajstić information content (AvgIpc) is 2.84. The summed E-state index contributed by atoms with van der Waals surface area (Å²) in [5, 5.41) is 16.5. The number of aliphatic hydroxyl groups is 1. The van der Waals surface area contributed by atoms with Crippen LogP contribution in [0.5, 0.6) is 0 Å². The fourth-order valence-electron chi connectivity index (χ4n) is 3.01. The Balaban J connectivity index is 1.84. The molecule has 4 nitrogen and oxygen atoms in total. The molecule has 0 saturated carbocycles. The Morgan fingerprint density at radius 2 is 1.77 bits per heavy atom. The number of hydrogen-bond acceptors (Lipinski definition) is 3. The van der Waals surface area contributed by atoms with E-state index in [2.05, 4.69) is 10.6 Å². The van der Waals surface area contributed by atoms with Crippen LogP contribution in [0.4, 0.5) is 30.2 Å². The van der Waals surface area contributed by atoms with Gasteiger partial charge in [-0.05, 0) is 55.3 Å². The van der Waals surface area contributed by atoms with Crippen molar-refractivity contribution in [2.24, 2.45) is 0 Å². The van der Waals surface area contributed by atoms with Crippen LogP contribution in [0.1, 0.15) is 37.3 Å². The first-order chi connectivity index (χ1) is 12.2. The summed E-state index contributed by atoms with van der Waals surface area (Å²) in [5.74, 6) is -0.451. The lowest BCUT2D eigenvalue weighted by Crippen LogP contribution is -2.34. The molecule has 2 aromatic rings. The van der Waals surface area contributed by atoms with Crippen molar-refractivity contribution in [2.45, 2.75) is 38.0 Å². The van der Waals surface area contributed by atoms with E-state index in [4.69, 9.17) is 0 Å². The summed E-state index contributed by atoms with van der Waals surface area (Å²) in [5.41, 5.74) is -0.217. The smallest absolute Gasteiger partial charge is 0.375 e. The maximum atomic E-state index is 12.6. The average molecular weight is 364 g/mol. The minimum absolute atomic E-state index is 0.312. The van der Waals surface area contributed by atoms with Crippen LogP contribution in [0.15, 0.2) is 42.5 Å². The first-order valence-electron chi connectivity index (χ1n) is 8.36. The molecule has 1 aliphatic rings. The zero-order chi connectivity index (χ0) is 18.9. The first kappa shape index (κ1) is 18.3. The van der Waals surface area contributed by atoms with Crippen molar-refractivity contribution in [1.82, 2.24) is 0 Å². The number of unbranched alkanes of at least 4 members (excludes halogenated alkanes) is 1. The van der Waals surface area contributed by atoms with Gasteiger partial charge in [0.1, 0.15) is 0 Å². The number of benzene rings is 2. The number of carbonyl (C=O) groups excluding carboxylic acids is 1. The van der Waals surface area contributed by atoms with E-state index in [0.717, 1.165) is 18.6 Å². The van der Waals surface area contributed by atoms with E-state index in [0.29, 0.717) is 35.5 Å². The molecule has 0 radical (unpaired) electrons. The summed E-state index contributed by atoms with van der Waals surface area (Å²) in [6.07, 6.45) is -2.53. The third-order valence-corrected chi connectivity index (χ3v) is 4.48. The fraction of sp³-hybridized carbons (Fsp3) is 0.316. The van der Waals surface area contributed by atoms with Gasteiger partial charge in [-0.3, -0.25) is 4.79 Å². The number of fused-ring (bicyclic) bond motifs is 1. The minimum atomic E-state index is -4.38. The van der Waals surface area contributed by atoms with Crippen molar-refractivity contribution in [2.75, 3.05) is 10.6 Å². The summed E-state index contributed by atoms with van der Waals surface area (Å²) in [4.78, 5) is 12.2. The number of carbonyl (C=O) groups is 1. The van der Waals surface area contributed by atoms with Crippen molar-refractivity contribution < 1.29 is 23.1 Å². The molecule has 1 aliphatic heterocycles. The summed E-state index contributed by atoms with van der Waals surface area (Å²) >= 11 is 0. The summed E-state index contributed by atoms with van der Waals surface area (Å²) in [6, 6.07) is 9.69. The monoisotopic (exact) mass is 364 g/mol. The van der Waals surface area contributed by atoms with Gasteiger partial charge in [0.2, 0.25) is 0 Å². The Kier molecular flexibility index (Phi) is 4.66. The highest BCUT2D eigenvalue weighted by atomic mass is 19.4. The van der Waals surface area contributed by atoms with Gasteiger partial charge in [-0.25, -0.2) is 0 Å². The van der Waals surface area contributed by atoms with E-state index >= 15 is 0 Å². The molecular formula is C19H19F3N2O2. The minimum Gasteiger partial charge on any atom is -0.375 e. The Bertz CT molecular complexity index is 819. The summed E-state index contributed by atoms with van der Waals surface area (Å²) in [7, 11) is 0. The van der Waals surface area contributed by atoms with Gasteiger partial charge in [-0.15, -0.1) is 0 Å². The second kappa shape index (κ2) is 6.64. The largest absolute Gasteiger partial charge is 0.416 e. The van der Waals surface area contributed by atoms with Gasteiger partial charge >= 0.3 is 6.18 Å². The third-order valence-electron chi connectivity index (χ3n) is 4.48. The third kappa shape index (κ3) is 3.39. The Morgan fingerprint density at radius 3 is 2.38 bits per heavy atom. The second-order valence-electron chi connectivity index (χ2n) is 6.38. The normalized spacial score (nSPS) is 19.2. The van der Waals surface area contributed by atoms with Crippen LogP contribution < -0.4 is 10.6 Å². The van der Waals surface area contributed by atoms with Crippen molar-refractivity contribution >= 4 is 23.0 Å². The SMILES string of the molecule is CCCCC1(O)C(=O)Nc2ccc(Nc3ccc(C(F)(F)F)cc3)cc21. The maximum absolute atomic E-state index is 12.6. The summed E-state index contributed by atoms with van der Waals surface area (Å²) in [6.45, 7) is 1.97. The molecule has 1 amide bonds. The quantitative estimate of drug-likeness (QED) is 0.716. The van der Waals surface area contributed by atoms with Crippen LogP contribution in [-0.4, -0.2) is 11.0 Å². The zero-order valence-electron chi connectivity index (χ0n) is 14.2. The van der Waals surface area contributed by atoms with Crippen molar-refractivity contribution in [3.8, 4) is 0 Å². The molecule has 0 aliphatic carbocycles. The van der Waals surface area contributed by atoms with Gasteiger partial charge in [0.05, 0.1) is 5.56 Å². The predicted octanol–water partition coefficient (Wildman–Crippen LogP) is 4.78. The molecule has 7 heteroatoms. The number of amides is 1. The number of halogens is 3. The van der Waals surface area contributed by atoms with E-state index in [1.54, 1.807) is 18.2 Å². The molecule has 1 atom stereocenters. The number of nitrogens with one attached hydrogen (secondary N) is 2. The van der Waals surface area contributed by atoms with Crippen LogP contribution in [0.3, 0.4) is 0 Å². The molecule has 138 valence electrons. The highest BCUT2D eigenvalue weighted by Crippen LogP contribution is 2.41. The topological polar surface area (TPSA) is 61.4 Å². The van der Waals surface area contributed by atoms with E-state index in [1.807, 2.05) is 6.92 Å². The van der Waals surface area contributed by atoms with Crippen LogP contribution in [0.2, 0.25) is 0 Å². The number of anilines is 3. The van der Waals surface area contributed by atoms with Gasteiger partial charge in [0.15, 0.2) is 5.60 Å². The number of hydrogen-bond donors (Lipinski definition) is 3. The molecule has 0 aromatic heterocycles. The highest BCUT2D eigenvalue weighted by Gasteiger charge is 2.44. The van der Waals surface area contributed by atoms with Gasteiger partial charge in [0, 0.05) is 22.6 Å². The number of rotatable bonds is 5. The predicted molar refractivity (Wildman–Crippen MR) is 93.2 cm³/mol. The molecule has 1 unspecified atom stereocenters.